The lowest BCUT2D eigenvalue weighted by Gasteiger charge is -2.25. The van der Waals surface area contributed by atoms with Crippen molar-refractivity contribution in [3.05, 3.63) is 88.9 Å². The van der Waals surface area contributed by atoms with Gasteiger partial charge in [-0.1, -0.05) is 35.9 Å². The van der Waals surface area contributed by atoms with E-state index in [1.807, 2.05) is 6.07 Å². The molecule has 8 nitrogen and oxygen atoms in total. The zero-order valence-electron chi connectivity index (χ0n) is 18.2. The Bertz CT molecular complexity index is 1320. The van der Waals surface area contributed by atoms with Gasteiger partial charge in [-0.3, -0.25) is 9.10 Å². The van der Waals surface area contributed by atoms with Crippen LogP contribution in [-0.4, -0.2) is 33.7 Å². The first kappa shape index (κ1) is 24.8. The van der Waals surface area contributed by atoms with Gasteiger partial charge in [0.15, 0.2) is 6.61 Å². The molecule has 0 spiro atoms. The molecule has 3 aromatic rings. The van der Waals surface area contributed by atoms with Gasteiger partial charge in [0, 0.05) is 5.02 Å². The molecule has 34 heavy (non-hydrogen) atoms. The van der Waals surface area contributed by atoms with Gasteiger partial charge < -0.3 is 4.74 Å². The second-order valence-corrected chi connectivity index (χ2v) is 9.36. The molecule has 0 bridgehead atoms. The number of hydrazone groups is 1. The Kier molecular flexibility index (Phi) is 8.24. The number of anilines is 1. The number of nitriles is 1. The fourth-order valence-electron chi connectivity index (χ4n) is 2.98. The third-order valence-corrected chi connectivity index (χ3v) is 6.65. The lowest BCUT2D eigenvalue weighted by atomic mass is 10.2. The van der Waals surface area contributed by atoms with Crippen LogP contribution in [0.25, 0.3) is 0 Å². The number of carbonyl (C=O) groups excluding carboxylic acids is 1. The predicted octanol–water partition coefficient (Wildman–Crippen LogP) is 3.90. The molecule has 0 aliphatic heterocycles. The van der Waals surface area contributed by atoms with Crippen LogP contribution < -0.4 is 14.5 Å². The summed E-state index contributed by atoms with van der Waals surface area (Å²) < 4.78 is 32.9. The van der Waals surface area contributed by atoms with E-state index < -0.39 is 22.5 Å². The van der Waals surface area contributed by atoms with Gasteiger partial charge in [-0.25, -0.2) is 13.8 Å². The fraction of sp³-hybridized carbons (Fsp3) is 0.125. The summed E-state index contributed by atoms with van der Waals surface area (Å²) in [5, 5.41) is 12.8. The highest BCUT2D eigenvalue weighted by Gasteiger charge is 2.28. The van der Waals surface area contributed by atoms with Crippen molar-refractivity contribution >= 4 is 39.4 Å². The Hall–Kier alpha value is -3.87. The third kappa shape index (κ3) is 6.34. The highest BCUT2D eigenvalue weighted by Crippen LogP contribution is 2.29. The number of rotatable bonds is 9. The third-order valence-electron chi connectivity index (χ3n) is 4.64. The number of amides is 1. The Labute approximate surface area is 203 Å². The number of aryl methyl sites for hydroxylation is 1. The van der Waals surface area contributed by atoms with Crippen molar-refractivity contribution in [1.29, 1.82) is 5.26 Å². The second-order valence-electron chi connectivity index (χ2n) is 7.06. The minimum atomic E-state index is -4.05. The van der Waals surface area contributed by atoms with Gasteiger partial charge >= 0.3 is 0 Å². The SMILES string of the molecule is Cc1ccc(Cl)cc1N(CC(=O)N/N=C\c1ccc(OCC#N)cc1)S(=O)(=O)c1ccccc1. The topological polar surface area (TPSA) is 112 Å². The van der Waals surface area contributed by atoms with E-state index in [1.54, 1.807) is 61.5 Å². The number of hydrogen-bond acceptors (Lipinski definition) is 6. The minimum absolute atomic E-state index is 0.0457. The van der Waals surface area contributed by atoms with Crippen molar-refractivity contribution in [2.24, 2.45) is 5.10 Å². The molecule has 0 aromatic heterocycles. The van der Waals surface area contributed by atoms with Crippen molar-refractivity contribution < 1.29 is 17.9 Å². The summed E-state index contributed by atoms with van der Waals surface area (Å²) >= 11 is 6.11. The summed E-state index contributed by atoms with van der Waals surface area (Å²) in [6, 6.07) is 21.3. The molecule has 1 amide bonds. The van der Waals surface area contributed by atoms with Crippen LogP contribution in [0.5, 0.6) is 5.75 Å². The summed E-state index contributed by atoms with van der Waals surface area (Å²) in [4.78, 5) is 12.7. The van der Waals surface area contributed by atoms with Crippen molar-refractivity contribution in [3.8, 4) is 11.8 Å². The van der Waals surface area contributed by atoms with Crippen LogP contribution >= 0.6 is 11.6 Å². The Balaban J connectivity index is 1.78. The van der Waals surface area contributed by atoms with Crippen LogP contribution in [0.2, 0.25) is 5.02 Å². The van der Waals surface area contributed by atoms with E-state index in [2.05, 4.69) is 10.5 Å². The summed E-state index contributed by atoms with van der Waals surface area (Å²) in [6.07, 6.45) is 1.41. The van der Waals surface area contributed by atoms with E-state index in [-0.39, 0.29) is 11.5 Å². The van der Waals surface area contributed by atoms with E-state index in [9.17, 15) is 13.2 Å². The first-order valence-electron chi connectivity index (χ1n) is 10.1. The van der Waals surface area contributed by atoms with Gasteiger partial charge in [-0.2, -0.15) is 10.4 Å². The molecule has 0 aliphatic rings. The van der Waals surface area contributed by atoms with Gasteiger partial charge in [0.25, 0.3) is 15.9 Å². The van der Waals surface area contributed by atoms with Gasteiger partial charge in [0.05, 0.1) is 16.8 Å². The van der Waals surface area contributed by atoms with E-state index in [4.69, 9.17) is 21.6 Å². The number of halogens is 1. The molecule has 0 atom stereocenters. The van der Waals surface area contributed by atoms with Crippen LogP contribution in [-0.2, 0) is 14.8 Å². The van der Waals surface area contributed by atoms with Crippen molar-refractivity contribution in [2.75, 3.05) is 17.5 Å². The molecule has 10 heteroatoms. The molecule has 0 saturated heterocycles. The average molecular weight is 497 g/mol. The molecule has 0 fully saturated rings. The zero-order chi connectivity index (χ0) is 24.6. The van der Waals surface area contributed by atoms with E-state index in [0.717, 1.165) is 4.31 Å². The van der Waals surface area contributed by atoms with Crippen molar-refractivity contribution in [1.82, 2.24) is 5.43 Å². The molecule has 0 radical (unpaired) electrons. The van der Waals surface area contributed by atoms with E-state index in [1.165, 1.54) is 24.4 Å². The second kappa shape index (κ2) is 11.3. The lowest BCUT2D eigenvalue weighted by Crippen LogP contribution is -2.40. The van der Waals surface area contributed by atoms with Crippen LogP contribution in [0.3, 0.4) is 0 Å². The standard InChI is InChI=1S/C24H21ClN4O4S/c1-18-7-10-20(25)15-23(18)29(34(31,32)22-5-3-2-4-6-22)17-24(30)28-27-16-19-8-11-21(12-9-19)33-14-13-26/h2-12,15-16H,14,17H2,1H3,(H,28,30)/b27-16-. The molecule has 0 heterocycles. The monoisotopic (exact) mass is 496 g/mol. The maximum Gasteiger partial charge on any atom is 0.264 e. The molecule has 0 saturated carbocycles. The van der Waals surface area contributed by atoms with Gasteiger partial charge in [0.1, 0.15) is 18.4 Å². The normalized spacial score (nSPS) is 11.1. The predicted molar refractivity (Wildman–Crippen MR) is 130 cm³/mol. The minimum Gasteiger partial charge on any atom is -0.479 e. The van der Waals surface area contributed by atoms with E-state index >= 15 is 0 Å². The first-order chi connectivity index (χ1) is 16.3. The van der Waals surface area contributed by atoms with Crippen molar-refractivity contribution in [2.45, 2.75) is 11.8 Å². The van der Waals surface area contributed by atoms with Crippen LogP contribution in [0, 0.1) is 18.3 Å². The summed E-state index contributed by atoms with van der Waals surface area (Å²) in [5.41, 5.74) is 3.96. The average Bonchev–Trinajstić information content (AvgIpc) is 2.84. The van der Waals surface area contributed by atoms with Crippen molar-refractivity contribution in [3.63, 3.8) is 0 Å². The summed E-state index contributed by atoms with van der Waals surface area (Å²) in [7, 11) is -4.05. The maximum atomic E-state index is 13.4. The highest BCUT2D eigenvalue weighted by molar-refractivity contribution is 7.92. The molecule has 0 unspecified atom stereocenters. The van der Waals surface area contributed by atoms with Crippen LogP contribution in [0.1, 0.15) is 11.1 Å². The molecular formula is C24H21ClN4O4S. The molecular weight excluding hydrogens is 476 g/mol. The summed E-state index contributed by atoms with van der Waals surface area (Å²) in [6.45, 7) is 1.17. The number of nitrogens with zero attached hydrogens (tertiary/aromatic N) is 3. The van der Waals surface area contributed by atoms with Crippen LogP contribution in [0.15, 0.2) is 82.8 Å². The highest BCUT2D eigenvalue weighted by atomic mass is 35.5. The summed E-state index contributed by atoms with van der Waals surface area (Å²) in [5.74, 6) is -0.106. The van der Waals surface area contributed by atoms with Gasteiger partial charge in [-0.15, -0.1) is 0 Å². The van der Waals surface area contributed by atoms with Crippen LogP contribution in [0.4, 0.5) is 5.69 Å². The Morgan fingerprint density at radius 3 is 2.53 bits per heavy atom. The zero-order valence-corrected chi connectivity index (χ0v) is 19.8. The van der Waals surface area contributed by atoms with Gasteiger partial charge in [0.2, 0.25) is 0 Å². The molecule has 174 valence electrons. The molecule has 3 rings (SSSR count). The fourth-order valence-corrected chi connectivity index (χ4v) is 4.65. The van der Waals surface area contributed by atoms with Gasteiger partial charge in [-0.05, 0) is 66.6 Å². The number of nitrogens with one attached hydrogen (secondary N) is 1. The number of benzene rings is 3. The maximum absolute atomic E-state index is 13.4. The molecule has 0 aliphatic carbocycles. The smallest absolute Gasteiger partial charge is 0.264 e. The first-order valence-corrected chi connectivity index (χ1v) is 11.9. The number of sulfonamides is 1. The quantitative estimate of drug-likeness (QED) is 0.356. The Morgan fingerprint density at radius 2 is 1.85 bits per heavy atom. The lowest BCUT2D eigenvalue weighted by molar-refractivity contribution is -0.119. The van der Waals surface area contributed by atoms with E-state index in [0.29, 0.717) is 27.6 Å². The number of carbonyl (C=O) groups is 1. The number of hydrogen-bond donors (Lipinski definition) is 1. The largest absolute Gasteiger partial charge is 0.479 e. The Morgan fingerprint density at radius 1 is 1.15 bits per heavy atom. The molecule has 3 aromatic carbocycles. The number of ether oxygens (including phenoxy) is 1. The molecule has 1 N–H and O–H groups in total.